The number of carbonyl (C=O) groups is 2. The van der Waals surface area contributed by atoms with Crippen molar-refractivity contribution >= 4 is 29.2 Å². The van der Waals surface area contributed by atoms with Crippen LogP contribution >= 0.6 is 0 Å². The molecule has 3 amide bonds. The number of anilines is 3. The fourth-order valence-electron chi connectivity index (χ4n) is 3.82. The number of hydrogen-bond donors (Lipinski definition) is 4. The lowest BCUT2D eigenvalue weighted by molar-refractivity contribution is -0.768. The summed E-state index contributed by atoms with van der Waals surface area (Å²) < 4.78 is 46.8. The van der Waals surface area contributed by atoms with Gasteiger partial charge < -0.3 is 16.4 Å². The number of hydrogen-bond acceptors (Lipinski definition) is 5. The molecule has 0 spiro atoms. The highest BCUT2D eigenvalue weighted by Gasteiger charge is 2.32. The maximum atomic E-state index is 13.4. The Morgan fingerprint density at radius 3 is 2.40 bits per heavy atom. The summed E-state index contributed by atoms with van der Waals surface area (Å²) in [5, 5.41) is 11.0. The van der Waals surface area contributed by atoms with Gasteiger partial charge in [-0.15, -0.1) is 0 Å². The van der Waals surface area contributed by atoms with E-state index in [4.69, 9.17) is 10.3 Å². The first-order valence-electron chi connectivity index (χ1n) is 10.9. The lowest BCUT2D eigenvalue weighted by Crippen LogP contribution is -2.46. The van der Waals surface area contributed by atoms with Crippen LogP contribution in [0.15, 0.2) is 59.3 Å². The molecule has 4 rings (SSSR count). The van der Waals surface area contributed by atoms with E-state index in [-0.39, 0.29) is 29.7 Å². The molecule has 2 aromatic carbocycles. The van der Waals surface area contributed by atoms with Crippen molar-refractivity contribution in [2.75, 3.05) is 16.0 Å². The average molecular weight is 489 g/mol. The Bertz CT molecular complexity index is 1190. The zero-order chi connectivity index (χ0) is 25.0. The van der Waals surface area contributed by atoms with Gasteiger partial charge in [-0.25, -0.2) is 4.79 Å². The Labute approximate surface area is 198 Å². The monoisotopic (exact) mass is 489 g/mol. The van der Waals surface area contributed by atoms with Crippen LogP contribution in [-0.2, 0) is 23.9 Å². The van der Waals surface area contributed by atoms with Crippen molar-refractivity contribution < 1.29 is 32.0 Å². The predicted molar refractivity (Wildman–Crippen MR) is 120 cm³/mol. The molecular weight excluding hydrogens is 465 g/mol. The Kier molecular flexibility index (Phi) is 7.01. The van der Waals surface area contributed by atoms with E-state index >= 15 is 0 Å². The average Bonchev–Trinajstić information content (AvgIpc) is 3.19. The fraction of sp³-hybridized carbons (Fsp3) is 0.304. The molecule has 1 fully saturated rings. The summed E-state index contributed by atoms with van der Waals surface area (Å²) in [5.41, 5.74) is 5.18. The second-order valence-corrected chi connectivity index (χ2v) is 8.47. The summed E-state index contributed by atoms with van der Waals surface area (Å²) in [6.07, 6.45) is -1.47. The molecule has 5 N–H and O–H groups in total. The predicted octanol–water partition coefficient (Wildman–Crippen LogP) is 3.54. The molecule has 3 aromatic rings. The van der Waals surface area contributed by atoms with E-state index < -0.39 is 23.7 Å². The van der Waals surface area contributed by atoms with Gasteiger partial charge in [0.1, 0.15) is 0 Å². The van der Waals surface area contributed by atoms with E-state index in [1.807, 2.05) is 0 Å². The van der Waals surface area contributed by atoms with Gasteiger partial charge in [0.05, 0.1) is 12.0 Å². The maximum absolute atomic E-state index is 13.4. The highest BCUT2D eigenvalue weighted by Crippen LogP contribution is 2.33. The number of nitrogens with one attached hydrogen (secondary N) is 3. The largest absolute Gasteiger partial charge is 0.416 e. The Morgan fingerprint density at radius 1 is 1.06 bits per heavy atom. The van der Waals surface area contributed by atoms with E-state index in [1.165, 1.54) is 16.9 Å². The minimum Gasteiger partial charge on any atom is -0.328 e. The topological polar surface area (TPSA) is 126 Å². The van der Waals surface area contributed by atoms with Crippen LogP contribution in [-0.4, -0.2) is 23.3 Å². The summed E-state index contributed by atoms with van der Waals surface area (Å²) in [7, 11) is 0. The summed E-state index contributed by atoms with van der Waals surface area (Å²) in [5.74, 6) is -0.0959. The van der Waals surface area contributed by atoms with Crippen LogP contribution in [0.5, 0.6) is 0 Å². The van der Waals surface area contributed by atoms with Crippen molar-refractivity contribution in [3.63, 3.8) is 0 Å². The smallest absolute Gasteiger partial charge is 0.328 e. The molecule has 1 aliphatic rings. The van der Waals surface area contributed by atoms with Crippen LogP contribution in [0.3, 0.4) is 0 Å². The molecule has 0 unspecified atom stereocenters. The van der Waals surface area contributed by atoms with Crippen LogP contribution in [0.4, 0.5) is 35.2 Å². The number of alkyl halides is 3. The van der Waals surface area contributed by atoms with Crippen LogP contribution in [0.2, 0.25) is 0 Å². The first-order valence-corrected chi connectivity index (χ1v) is 10.9. The minimum absolute atomic E-state index is 0.0153. The molecule has 12 heteroatoms. The van der Waals surface area contributed by atoms with Gasteiger partial charge in [0.25, 0.3) is 6.20 Å². The third kappa shape index (κ3) is 6.79. The number of rotatable bonds is 7. The number of benzene rings is 2. The number of halogens is 3. The first-order chi connectivity index (χ1) is 16.6. The van der Waals surface area contributed by atoms with Gasteiger partial charge in [-0.1, -0.05) is 35.0 Å². The van der Waals surface area contributed by atoms with Crippen LogP contribution in [0.25, 0.3) is 0 Å². The van der Waals surface area contributed by atoms with E-state index in [9.17, 15) is 22.8 Å². The second-order valence-electron chi connectivity index (χ2n) is 8.47. The molecule has 1 heterocycles. The van der Waals surface area contributed by atoms with Crippen LogP contribution in [0, 0.1) is 5.92 Å². The molecule has 0 bridgehead atoms. The van der Waals surface area contributed by atoms with E-state index in [2.05, 4.69) is 21.2 Å². The molecule has 184 valence electrons. The van der Waals surface area contributed by atoms with Gasteiger partial charge in [0.15, 0.2) is 6.54 Å². The lowest BCUT2D eigenvalue weighted by atomic mass is 9.81. The van der Waals surface area contributed by atoms with Crippen LogP contribution < -0.4 is 26.4 Å². The third-order valence-corrected chi connectivity index (χ3v) is 5.47. The molecule has 1 saturated carbocycles. The van der Waals surface area contributed by atoms with Gasteiger partial charge in [0, 0.05) is 23.3 Å². The van der Waals surface area contributed by atoms with E-state index in [1.54, 1.807) is 30.3 Å². The van der Waals surface area contributed by atoms with Crippen molar-refractivity contribution in [3.8, 4) is 0 Å². The summed E-state index contributed by atoms with van der Waals surface area (Å²) in [6, 6.07) is 10.9. The molecule has 0 radical (unpaired) electrons. The van der Waals surface area contributed by atoms with Crippen molar-refractivity contribution in [2.45, 2.75) is 38.0 Å². The maximum Gasteiger partial charge on any atom is 0.416 e. The Morgan fingerprint density at radius 2 is 1.74 bits per heavy atom. The zero-order valence-corrected chi connectivity index (χ0v) is 18.5. The van der Waals surface area contributed by atoms with Crippen molar-refractivity contribution in [2.24, 2.45) is 11.7 Å². The van der Waals surface area contributed by atoms with Crippen LogP contribution in [0.1, 0.15) is 24.0 Å². The molecule has 1 aromatic heterocycles. The number of nitrogens with zero attached hydrogens (tertiary/aromatic N) is 2. The number of nitrogens with two attached hydrogens (primary N) is 1. The molecule has 9 nitrogen and oxygen atoms in total. The number of aromatic nitrogens is 2. The summed E-state index contributed by atoms with van der Waals surface area (Å²) in [4.78, 5) is 24.7. The molecular formula is C23H24F3N6O3+. The van der Waals surface area contributed by atoms with E-state index in [0.717, 1.165) is 25.0 Å². The second kappa shape index (κ2) is 10.1. The summed E-state index contributed by atoms with van der Waals surface area (Å²) in [6.45, 7) is 0.583. The Balaban J connectivity index is 1.41. The number of amides is 3. The summed E-state index contributed by atoms with van der Waals surface area (Å²) >= 11 is 0. The molecule has 1 aliphatic carbocycles. The minimum atomic E-state index is -4.69. The van der Waals surface area contributed by atoms with Crippen molar-refractivity contribution in [3.05, 3.63) is 65.9 Å². The SMILES string of the molecule is NC1CC(C[n+]2cc(NC(=O)Nc3cc(NC(=O)Cc4ccccc4)cc(C(F)(F)F)c3)on2)C1. The fourth-order valence-corrected chi connectivity index (χ4v) is 3.82. The van der Waals surface area contributed by atoms with Gasteiger partial charge in [-0.2, -0.15) is 13.2 Å². The van der Waals surface area contributed by atoms with Gasteiger partial charge in [0.2, 0.25) is 11.2 Å². The number of carbonyl (C=O) groups excluding carboxylic acids is 2. The quantitative estimate of drug-likeness (QED) is 0.378. The van der Waals surface area contributed by atoms with Crippen molar-refractivity contribution in [1.29, 1.82) is 0 Å². The molecule has 0 saturated heterocycles. The molecule has 0 aliphatic heterocycles. The van der Waals surface area contributed by atoms with Gasteiger partial charge in [-0.3, -0.25) is 14.6 Å². The van der Waals surface area contributed by atoms with E-state index in [0.29, 0.717) is 18.0 Å². The zero-order valence-electron chi connectivity index (χ0n) is 18.5. The van der Waals surface area contributed by atoms with Gasteiger partial charge in [-0.05, 0) is 36.6 Å². The molecule has 0 atom stereocenters. The standard InChI is InChI=1S/C23H23F3N6O3/c24-23(25,26)16-9-18(28-20(33)8-14-4-2-1-3-5-14)11-19(10-16)29-22(34)30-21-13-32(31-35-21)12-15-6-17(27)7-15/h1-5,9-11,13,15,17H,6-8,12,27H2,(H2-,28,29,30,31,33,34)/p+1. The normalized spacial score (nSPS) is 17.4. The lowest BCUT2D eigenvalue weighted by Gasteiger charge is -2.28. The third-order valence-electron chi connectivity index (χ3n) is 5.47. The van der Waals surface area contributed by atoms with Crippen molar-refractivity contribution in [1.82, 2.24) is 5.27 Å². The highest BCUT2D eigenvalue weighted by molar-refractivity contribution is 6.00. The molecule has 35 heavy (non-hydrogen) atoms. The highest BCUT2D eigenvalue weighted by atomic mass is 19.4. The Hall–Kier alpha value is -3.93. The van der Waals surface area contributed by atoms with Gasteiger partial charge >= 0.3 is 18.1 Å². The first kappa shape index (κ1) is 24.2. The number of urea groups is 1.